The van der Waals surface area contributed by atoms with Crippen LogP contribution in [-0.4, -0.2) is 11.8 Å². The van der Waals surface area contributed by atoms with Crippen molar-refractivity contribution < 1.29 is 22.8 Å². The Morgan fingerprint density at radius 1 is 1.23 bits per heavy atom. The van der Waals surface area contributed by atoms with Crippen LogP contribution >= 0.6 is 0 Å². The summed E-state index contributed by atoms with van der Waals surface area (Å²) >= 11 is 0. The van der Waals surface area contributed by atoms with Crippen molar-refractivity contribution in [2.24, 2.45) is 11.8 Å². The zero-order valence-electron chi connectivity index (χ0n) is 12.7. The van der Waals surface area contributed by atoms with Gasteiger partial charge in [0.25, 0.3) is 0 Å². The number of imide groups is 1. The number of alkyl halides is 3. The molecule has 1 saturated heterocycles. The van der Waals surface area contributed by atoms with Crippen molar-refractivity contribution in [3.63, 3.8) is 0 Å². The van der Waals surface area contributed by atoms with Crippen molar-refractivity contribution in [3.8, 4) is 0 Å². The molecule has 3 nitrogen and oxygen atoms in total. The van der Waals surface area contributed by atoms with E-state index in [0.29, 0.717) is 12.0 Å². The molecule has 6 heteroatoms. The molecule has 0 saturated carbocycles. The van der Waals surface area contributed by atoms with Crippen LogP contribution in [0.5, 0.6) is 0 Å². The summed E-state index contributed by atoms with van der Waals surface area (Å²) in [5.41, 5.74) is -0.485. The minimum atomic E-state index is -4.51. The zero-order valence-corrected chi connectivity index (χ0v) is 12.7. The lowest BCUT2D eigenvalue weighted by molar-refractivity contribution is -0.137. The summed E-state index contributed by atoms with van der Waals surface area (Å²) in [4.78, 5) is 25.3. The van der Waals surface area contributed by atoms with Crippen molar-refractivity contribution in [1.29, 1.82) is 0 Å². The van der Waals surface area contributed by atoms with E-state index in [4.69, 9.17) is 0 Å². The van der Waals surface area contributed by atoms with Gasteiger partial charge in [0.15, 0.2) is 0 Å². The average Bonchev–Trinajstić information content (AvgIpc) is 2.61. The highest BCUT2D eigenvalue weighted by molar-refractivity contribution is 6.21. The third-order valence-corrected chi connectivity index (χ3v) is 3.64. The number of halogens is 3. The summed E-state index contributed by atoms with van der Waals surface area (Å²) in [6.07, 6.45) is -3.89. The monoisotopic (exact) mass is 313 g/mol. The Morgan fingerprint density at radius 2 is 1.86 bits per heavy atom. The number of carbonyl (C=O) groups is 2. The highest BCUT2D eigenvalue weighted by Gasteiger charge is 2.40. The first-order chi connectivity index (χ1) is 10.1. The molecular weight excluding hydrogens is 295 g/mol. The fourth-order valence-electron chi connectivity index (χ4n) is 2.77. The standard InChI is InChI=1S/C16H18F3NO2/c1-9(2)4-11-7-14(21)20(15(11)22)13-6-10(3)5-12(8-13)16(17,18)19/h5-6,8-9,11H,4,7H2,1-3H3. The van der Waals surface area contributed by atoms with Gasteiger partial charge in [-0.2, -0.15) is 13.2 Å². The molecule has 120 valence electrons. The summed E-state index contributed by atoms with van der Waals surface area (Å²) in [5.74, 6) is -1.04. The van der Waals surface area contributed by atoms with E-state index >= 15 is 0 Å². The molecule has 22 heavy (non-hydrogen) atoms. The lowest BCUT2D eigenvalue weighted by atomic mass is 9.96. The number of anilines is 1. The van der Waals surface area contributed by atoms with Crippen LogP contribution in [0.3, 0.4) is 0 Å². The second kappa shape index (κ2) is 5.74. The molecule has 1 aromatic rings. The first-order valence-electron chi connectivity index (χ1n) is 7.15. The predicted octanol–water partition coefficient (Wildman–Crippen LogP) is 3.94. The van der Waals surface area contributed by atoms with Crippen LogP contribution in [0.25, 0.3) is 0 Å². The Hall–Kier alpha value is -1.85. The molecule has 2 amide bonds. The topological polar surface area (TPSA) is 37.4 Å². The quantitative estimate of drug-likeness (QED) is 0.793. The largest absolute Gasteiger partial charge is 0.416 e. The lowest BCUT2D eigenvalue weighted by Gasteiger charge is -2.18. The first kappa shape index (κ1) is 16.5. The van der Waals surface area contributed by atoms with Crippen LogP contribution in [-0.2, 0) is 15.8 Å². The van der Waals surface area contributed by atoms with Gasteiger partial charge in [-0.3, -0.25) is 14.5 Å². The van der Waals surface area contributed by atoms with Gasteiger partial charge in [0.1, 0.15) is 0 Å². The van der Waals surface area contributed by atoms with E-state index in [0.717, 1.165) is 17.0 Å². The van der Waals surface area contributed by atoms with Gasteiger partial charge in [-0.05, 0) is 43.0 Å². The number of hydrogen-bond acceptors (Lipinski definition) is 2. The highest BCUT2D eigenvalue weighted by atomic mass is 19.4. The van der Waals surface area contributed by atoms with Gasteiger partial charge in [-0.15, -0.1) is 0 Å². The van der Waals surface area contributed by atoms with Gasteiger partial charge in [-0.25, -0.2) is 0 Å². The molecule has 0 N–H and O–H groups in total. The van der Waals surface area contributed by atoms with Gasteiger partial charge in [0.2, 0.25) is 11.8 Å². The maximum absolute atomic E-state index is 12.9. The molecule has 1 fully saturated rings. The highest BCUT2D eigenvalue weighted by Crippen LogP contribution is 2.36. The Bertz CT molecular complexity index is 608. The van der Waals surface area contributed by atoms with E-state index < -0.39 is 29.5 Å². The summed E-state index contributed by atoms with van der Waals surface area (Å²) in [6.45, 7) is 5.39. The van der Waals surface area contributed by atoms with Crippen molar-refractivity contribution in [1.82, 2.24) is 0 Å². The van der Waals surface area contributed by atoms with Gasteiger partial charge < -0.3 is 0 Å². The van der Waals surface area contributed by atoms with E-state index in [2.05, 4.69) is 0 Å². The molecular formula is C16H18F3NO2. The third-order valence-electron chi connectivity index (χ3n) is 3.64. The van der Waals surface area contributed by atoms with Crippen LogP contribution in [0.15, 0.2) is 18.2 Å². The molecule has 0 aliphatic carbocycles. The number of aryl methyl sites for hydroxylation is 1. The number of benzene rings is 1. The molecule has 1 aromatic carbocycles. The van der Waals surface area contributed by atoms with Gasteiger partial charge in [0.05, 0.1) is 11.3 Å². The molecule has 1 unspecified atom stereocenters. The fraction of sp³-hybridized carbons (Fsp3) is 0.500. The van der Waals surface area contributed by atoms with Crippen molar-refractivity contribution in [2.75, 3.05) is 4.90 Å². The molecule has 1 aliphatic heterocycles. The molecule has 0 bridgehead atoms. The molecule has 1 aliphatic rings. The predicted molar refractivity (Wildman–Crippen MR) is 76.2 cm³/mol. The van der Waals surface area contributed by atoms with Crippen LogP contribution < -0.4 is 4.90 Å². The fourth-order valence-corrected chi connectivity index (χ4v) is 2.77. The van der Waals surface area contributed by atoms with Gasteiger partial charge in [0, 0.05) is 12.3 Å². The molecule has 2 rings (SSSR count). The normalized spacial score (nSPS) is 19.4. The maximum atomic E-state index is 12.9. The Kier molecular flexibility index (Phi) is 4.31. The van der Waals surface area contributed by atoms with Crippen LogP contribution in [0.2, 0.25) is 0 Å². The minimum Gasteiger partial charge on any atom is -0.274 e. The number of amides is 2. The van der Waals surface area contributed by atoms with Crippen LogP contribution in [0.4, 0.5) is 18.9 Å². The second-order valence-electron chi connectivity index (χ2n) is 6.15. The molecule has 0 spiro atoms. The number of nitrogens with zero attached hydrogens (tertiary/aromatic N) is 1. The van der Waals surface area contributed by atoms with E-state index in [1.54, 1.807) is 0 Å². The molecule has 1 heterocycles. The first-order valence-corrected chi connectivity index (χ1v) is 7.15. The summed E-state index contributed by atoms with van der Waals surface area (Å²) in [6, 6.07) is 3.30. The van der Waals surface area contributed by atoms with Crippen LogP contribution in [0.1, 0.15) is 37.8 Å². The Balaban J connectivity index is 2.37. The Morgan fingerprint density at radius 3 is 2.41 bits per heavy atom. The summed E-state index contributed by atoms with van der Waals surface area (Å²) in [7, 11) is 0. The second-order valence-corrected chi connectivity index (χ2v) is 6.15. The number of hydrogen-bond donors (Lipinski definition) is 0. The maximum Gasteiger partial charge on any atom is 0.416 e. The molecule has 1 atom stereocenters. The van der Waals surface area contributed by atoms with Crippen molar-refractivity contribution >= 4 is 17.5 Å². The third kappa shape index (κ3) is 3.31. The summed E-state index contributed by atoms with van der Waals surface area (Å²) < 4.78 is 38.7. The van der Waals surface area contributed by atoms with Gasteiger partial charge >= 0.3 is 6.18 Å². The van der Waals surface area contributed by atoms with E-state index in [1.807, 2.05) is 13.8 Å². The average molecular weight is 313 g/mol. The number of carbonyl (C=O) groups excluding carboxylic acids is 2. The van der Waals surface area contributed by atoms with Gasteiger partial charge in [-0.1, -0.05) is 13.8 Å². The summed E-state index contributed by atoms with van der Waals surface area (Å²) in [5, 5.41) is 0. The SMILES string of the molecule is Cc1cc(N2C(=O)CC(CC(C)C)C2=O)cc(C(F)(F)F)c1. The van der Waals surface area contributed by atoms with Crippen LogP contribution in [0, 0.1) is 18.8 Å². The van der Waals surface area contributed by atoms with E-state index in [9.17, 15) is 22.8 Å². The van der Waals surface area contributed by atoms with Crippen molar-refractivity contribution in [2.45, 2.75) is 39.8 Å². The van der Waals surface area contributed by atoms with E-state index in [-0.39, 0.29) is 18.0 Å². The zero-order chi connectivity index (χ0) is 16.7. The van der Waals surface area contributed by atoms with E-state index in [1.165, 1.54) is 13.0 Å². The smallest absolute Gasteiger partial charge is 0.274 e. The van der Waals surface area contributed by atoms with Crippen molar-refractivity contribution in [3.05, 3.63) is 29.3 Å². The number of rotatable bonds is 3. The lowest BCUT2D eigenvalue weighted by Crippen LogP contribution is -2.31. The minimum absolute atomic E-state index is 0.00795. The molecule has 0 radical (unpaired) electrons. The molecule has 0 aromatic heterocycles. The Labute approximate surface area is 127 Å².